The molecule has 0 aliphatic carbocycles. The molecular formula is C17H14N2OS. The minimum absolute atomic E-state index is 0.0534. The third kappa shape index (κ3) is 3.68. The van der Waals surface area contributed by atoms with Crippen LogP contribution in [0.3, 0.4) is 0 Å². The van der Waals surface area contributed by atoms with Crippen LogP contribution in [0.25, 0.3) is 5.76 Å². The van der Waals surface area contributed by atoms with E-state index < -0.39 is 0 Å². The third-order valence-corrected chi connectivity index (χ3v) is 3.24. The molecule has 4 heteroatoms. The first-order valence-corrected chi connectivity index (χ1v) is 6.79. The van der Waals surface area contributed by atoms with Crippen LogP contribution in [0.4, 0.5) is 5.69 Å². The molecule has 0 aliphatic heterocycles. The average Bonchev–Trinajstić information content (AvgIpc) is 2.49. The Labute approximate surface area is 129 Å². The number of nitrogens with one attached hydrogen (secondary N) is 1. The molecule has 2 rings (SSSR count). The summed E-state index contributed by atoms with van der Waals surface area (Å²) in [6.07, 6.45) is 0. The molecule has 0 saturated carbocycles. The number of rotatable bonds is 3. The van der Waals surface area contributed by atoms with E-state index in [1.165, 1.54) is 0 Å². The second kappa shape index (κ2) is 6.69. The van der Waals surface area contributed by atoms with Gasteiger partial charge in [-0.25, -0.2) is 0 Å². The fourth-order valence-corrected chi connectivity index (χ4v) is 2.04. The number of para-hydroxylation sites is 1. The maximum absolute atomic E-state index is 10.2. The minimum atomic E-state index is -0.120. The van der Waals surface area contributed by atoms with Crippen LogP contribution in [0.1, 0.15) is 11.1 Å². The van der Waals surface area contributed by atoms with Crippen LogP contribution in [-0.4, -0.2) is 10.1 Å². The Morgan fingerprint density at radius 1 is 1.10 bits per heavy atom. The lowest BCUT2D eigenvalue weighted by molar-refractivity contribution is 0.510. The maximum Gasteiger partial charge on any atom is 0.143 e. The number of nitrogens with zero attached hydrogens (tertiary/aromatic N) is 1. The van der Waals surface area contributed by atoms with Gasteiger partial charge < -0.3 is 10.4 Å². The van der Waals surface area contributed by atoms with Crippen molar-refractivity contribution in [1.82, 2.24) is 0 Å². The number of hydrogen-bond donors (Lipinski definition) is 2. The van der Waals surface area contributed by atoms with E-state index in [0.29, 0.717) is 5.56 Å². The number of nitriles is 1. The Hall–Kier alpha value is -2.64. The lowest BCUT2D eigenvalue weighted by atomic mass is 10.1. The quantitative estimate of drug-likeness (QED) is 0.385. The van der Waals surface area contributed by atoms with Gasteiger partial charge in [-0.05, 0) is 19.1 Å². The molecule has 0 unspecified atom stereocenters. The van der Waals surface area contributed by atoms with Crippen molar-refractivity contribution in [2.45, 2.75) is 6.92 Å². The Bertz CT molecular complexity index is 713. The largest absolute Gasteiger partial charge is 0.506 e. The number of aryl methyl sites for hydroxylation is 1. The summed E-state index contributed by atoms with van der Waals surface area (Å²) in [6.45, 7) is 1.96. The summed E-state index contributed by atoms with van der Waals surface area (Å²) in [4.78, 5) is 0.196. The SMILES string of the molecule is Cc1ccc(/C(O)=C(\C#N)C(=S)Nc2ccccc2)cc1. The van der Waals surface area contributed by atoms with Crippen LogP contribution in [0, 0.1) is 18.3 Å². The molecular weight excluding hydrogens is 280 g/mol. The zero-order valence-corrected chi connectivity index (χ0v) is 12.3. The smallest absolute Gasteiger partial charge is 0.143 e. The van der Waals surface area contributed by atoms with Crippen LogP contribution in [0.5, 0.6) is 0 Å². The van der Waals surface area contributed by atoms with E-state index in [4.69, 9.17) is 12.2 Å². The predicted octanol–water partition coefficient (Wildman–Crippen LogP) is 4.23. The molecule has 104 valence electrons. The normalized spacial score (nSPS) is 11.2. The number of aliphatic hydroxyl groups excluding tert-OH is 1. The number of aliphatic hydroxyl groups is 1. The van der Waals surface area contributed by atoms with Crippen LogP contribution >= 0.6 is 12.2 Å². The van der Waals surface area contributed by atoms with E-state index >= 15 is 0 Å². The summed E-state index contributed by atoms with van der Waals surface area (Å²) in [6, 6.07) is 18.5. The summed E-state index contributed by atoms with van der Waals surface area (Å²) < 4.78 is 0. The molecule has 0 heterocycles. The lowest BCUT2D eigenvalue weighted by Gasteiger charge is -2.09. The van der Waals surface area contributed by atoms with E-state index in [1.807, 2.05) is 55.5 Å². The number of anilines is 1. The van der Waals surface area contributed by atoms with E-state index in [2.05, 4.69) is 5.32 Å². The molecule has 0 aliphatic rings. The summed E-state index contributed by atoms with van der Waals surface area (Å²) in [5.41, 5.74) is 2.47. The van der Waals surface area contributed by atoms with Gasteiger partial charge in [0.15, 0.2) is 0 Å². The second-order valence-electron chi connectivity index (χ2n) is 4.52. The van der Waals surface area contributed by atoms with Gasteiger partial charge in [-0.15, -0.1) is 0 Å². The molecule has 0 fully saturated rings. The fraction of sp³-hybridized carbons (Fsp3) is 0.0588. The molecule has 0 amide bonds. The standard InChI is InChI=1S/C17H14N2OS/c1-12-7-9-13(10-8-12)16(20)15(11-18)17(21)19-14-5-3-2-4-6-14/h2-10,20H,1H3,(H,19,21)/b16-15-. The third-order valence-electron chi connectivity index (χ3n) is 2.93. The van der Waals surface area contributed by atoms with Crippen LogP contribution in [-0.2, 0) is 0 Å². The Balaban J connectivity index is 2.29. The topological polar surface area (TPSA) is 56.0 Å². The first-order valence-electron chi connectivity index (χ1n) is 6.38. The van der Waals surface area contributed by atoms with Gasteiger partial charge >= 0.3 is 0 Å². The molecule has 3 nitrogen and oxygen atoms in total. The molecule has 2 aromatic carbocycles. The van der Waals surface area contributed by atoms with Gasteiger partial charge in [0, 0.05) is 11.3 Å². The van der Waals surface area contributed by atoms with Gasteiger partial charge in [-0.3, -0.25) is 0 Å². The maximum atomic E-state index is 10.2. The van der Waals surface area contributed by atoms with Crippen LogP contribution in [0.15, 0.2) is 60.2 Å². The molecule has 0 aromatic heterocycles. The van der Waals surface area contributed by atoms with Gasteiger partial charge in [0.25, 0.3) is 0 Å². The van der Waals surface area contributed by atoms with Crippen molar-refractivity contribution < 1.29 is 5.11 Å². The number of thiocarbonyl (C=S) groups is 1. The second-order valence-corrected chi connectivity index (χ2v) is 4.93. The van der Waals surface area contributed by atoms with Gasteiger partial charge in [-0.1, -0.05) is 60.2 Å². The highest BCUT2D eigenvalue weighted by Gasteiger charge is 2.13. The highest BCUT2D eigenvalue weighted by molar-refractivity contribution is 7.81. The van der Waals surface area contributed by atoms with Crippen molar-refractivity contribution in [2.75, 3.05) is 5.32 Å². The molecule has 21 heavy (non-hydrogen) atoms. The molecule has 2 aromatic rings. The van der Waals surface area contributed by atoms with E-state index in [1.54, 1.807) is 12.1 Å². The van der Waals surface area contributed by atoms with Gasteiger partial charge in [0.1, 0.15) is 22.4 Å². The Morgan fingerprint density at radius 3 is 2.29 bits per heavy atom. The van der Waals surface area contributed by atoms with Crippen molar-refractivity contribution in [2.24, 2.45) is 0 Å². The lowest BCUT2D eigenvalue weighted by Crippen LogP contribution is -2.12. The predicted molar refractivity (Wildman–Crippen MR) is 89.0 cm³/mol. The van der Waals surface area contributed by atoms with Gasteiger partial charge in [-0.2, -0.15) is 5.26 Å². The highest BCUT2D eigenvalue weighted by atomic mass is 32.1. The highest BCUT2D eigenvalue weighted by Crippen LogP contribution is 2.18. The summed E-state index contributed by atoms with van der Waals surface area (Å²) in [5.74, 6) is -0.120. The van der Waals surface area contributed by atoms with E-state index in [-0.39, 0.29) is 16.3 Å². The summed E-state index contributed by atoms with van der Waals surface area (Å²) in [7, 11) is 0. The monoisotopic (exact) mass is 294 g/mol. The molecule has 0 spiro atoms. The van der Waals surface area contributed by atoms with E-state index in [9.17, 15) is 10.4 Å². The molecule has 0 saturated heterocycles. The molecule has 0 radical (unpaired) electrons. The first kappa shape index (κ1) is 14.8. The van der Waals surface area contributed by atoms with Crippen LogP contribution < -0.4 is 5.32 Å². The van der Waals surface area contributed by atoms with Crippen molar-refractivity contribution in [3.05, 3.63) is 71.3 Å². The summed E-state index contributed by atoms with van der Waals surface area (Å²) in [5, 5.41) is 22.5. The zero-order chi connectivity index (χ0) is 15.2. The molecule has 2 N–H and O–H groups in total. The molecule has 0 atom stereocenters. The van der Waals surface area contributed by atoms with Gasteiger partial charge in [0.05, 0.1) is 0 Å². The summed E-state index contributed by atoms with van der Waals surface area (Å²) >= 11 is 5.21. The van der Waals surface area contributed by atoms with Crippen molar-refractivity contribution in [3.8, 4) is 6.07 Å². The Kier molecular flexibility index (Phi) is 4.70. The zero-order valence-electron chi connectivity index (χ0n) is 11.5. The minimum Gasteiger partial charge on any atom is -0.506 e. The van der Waals surface area contributed by atoms with Gasteiger partial charge in [0.2, 0.25) is 0 Å². The van der Waals surface area contributed by atoms with Crippen molar-refractivity contribution in [1.29, 1.82) is 5.26 Å². The van der Waals surface area contributed by atoms with E-state index in [0.717, 1.165) is 11.3 Å². The van der Waals surface area contributed by atoms with Crippen LogP contribution in [0.2, 0.25) is 0 Å². The number of benzene rings is 2. The fourth-order valence-electron chi connectivity index (χ4n) is 1.78. The van der Waals surface area contributed by atoms with Crippen molar-refractivity contribution in [3.63, 3.8) is 0 Å². The molecule has 0 bridgehead atoms. The van der Waals surface area contributed by atoms with Crippen molar-refractivity contribution >= 4 is 28.7 Å². The first-order chi connectivity index (χ1) is 10.1. The Morgan fingerprint density at radius 2 is 1.71 bits per heavy atom. The average molecular weight is 294 g/mol. The number of hydrogen-bond acceptors (Lipinski definition) is 3.